The average Bonchev–Trinajstić information content (AvgIpc) is 3.28. The van der Waals surface area contributed by atoms with Crippen molar-refractivity contribution in [3.8, 4) is 40.1 Å². The maximum absolute atomic E-state index is 5.81. The second-order valence-electron chi connectivity index (χ2n) is 6.29. The highest BCUT2D eigenvalue weighted by molar-refractivity contribution is 5.63. The van der Waals surface area contributed by atoms with E-state index in [1.165, 1.54) is 0 Å². The van der Waals surface area contributed by atoms with Gasteiger partial charge in [-0.1, -0.05) is 35.5 Å². The van der Waals surface area contributed by atoms with Crippen LogP contribution in [0.3, 0.4) is 0 Å². The Kier molecular flexibility index (Phi) is 5.42. The van der Waals surface area contributed by atoms with Gasteiger partial charge < -0.3 is 18.7 Å². The van der Waals surface area contributed by atoms with Crippen molar-refractivity contribution in [1.29, 1.82) is 0 Å². The van der Waals surface area contributed by atoms with Crippen LogP contribution in [0.25, 0.3) is 22.8 Å². The van der Waals surface area contributed by atoms with Gasteiger partial charge in [-0.25, -0.2) is 0 Å². The number of methoxy groups -OCH3 is 2. The number of aromatic nitrogens is 2. The van der Waals surface area contributed by atoms with E-state index in [2.05, 4.69) is 10.1 Å². The molecule has 0 saturated heterocycles. The predicted octanol–water partition coefficient (Wildman–Crippen LogP) is 5.00. The molecule has 0 fully saturated rings. The summed E-state index contributed by atoms with van der Waals surface area (Å²) in [5.41, 5.74) is 2.71. The van der Waals surface area contributed by atoms with Crippen molar-refractivity contribution in [2.24, 2.45) is 0 Å². The van der Waals surface area contributed by atoms with Gasteiger partial charge in [0, 0.05) is 11.1 Å². The zero-order chi connectivity index (χ0) is 20.1. The zero-order valence-electron chi connectivity index (χ0n) is 16.2. The third-order valence-corrected chi connectivity index (χ3v) is 4.42. The lowest BCUT2D eigenvalue weighted by atomic mass is 10.2. The summed E-state index contributed by atoms with van der Waals surface area (Å²) in [4.78, 5) is 4.49. The molecular formula is C23H20N2O4. The van der Waals surface area contributed by atoms with Crippen molar-refractivity contribution in [3.05, 3.63) is 78.4 Å². The molecule has 6 heteroatoms. The fraction of sp³-hybridized carbons (Fsp3) is 0.130. The Morgan fingerprint density at radius 3 is 2.24 bits per heavy atom. The molecule has 0 bridgehead atoms. The number of hydrogen-bond donors (Lipinski definition) is 0. The van der Waals surface area contributed by atoms with Gasteiger partial charge in [-0.3, -0.25) is 0 Å². The molecule has 0 radical (unpaired) electrons. The van der Waals surface area contributed by atoms with Crippen molar-refractivity contribution >= 4 is 0 Å². The topological polar surface area (TPSA) is 66.6 Å². The maximum Gasteiger partial charge on any atom is 0.258 e. The van der Waals surface area contributed by atoms with Gasteiger partial charge in [0.15, 0.2) is 11.5 Å². The molecule has 0 saturated carbocycles. The predicted molar refractivity (Wildman–Crippen MR) is 109 cm³/mol. The fourth-order valence-electron chi connectivity index (χ4n) is 2.87. The van der Waals surface area contributed by atoms with Gasteiger partial charge in [0.1, 0.15) is 12.4 Å². The summed E-state index contributed by atoms with van der Waals surface area (Å²) in [6.07, 6.45) is 0. The van der Waals surface area contributed by atoms with Crippen LogP contribution in [-0.4, -0.2) is 24.4 Å². The summed E-state index contributed by atoms with van der Waals surface area (Å²) >= 11 is 0. The molecule has 146 valence electrons. The zero-order valence-corrected chi connectivity index (χ0v) is 16.2. The van der Waals surface area contributed by atoms with Crippen molar-refractivity contribution in [2.75, 3.05) is 14.2 Å². The van der Waals surface area contributed by atoms with Crippen LogP contribution in [0.2, 0.25) is 0 Å². The van der Waals surface area contributed by atoms with Crippen LogP contribution in [0.1, 0.15) is 5.56 Å². The molecule has 4 rings (SSSR count). The molecule has 1 aromatic heterocycles. The number of rotatable bonds is 7. The van der Waals surface area contributed by atoms with Gasteiger partial charge in [-0.15, -0.1) is 0 Å². The molecule has 6 nitrogen and oxygen atoms in total. The minimum atomic E-state index is 0.408. The lowest BCUT2D eigenvalue weighted by Gasteiger charge is -2.07. The smallest absolute Gasteiger partial charge is 0.258 e. The molecule has 0 spiro atoms. The first-order chi connectivity index (χ1) is 14.3. The lowest BCUT2D eigenvalue weighted by molar-refractivity contribution is 0.306. The summed E-state index contributed by atoms with van der Waals surface area (Å²) in [7, 11) is 3.18. The van der Waals surface area contributed by atoms with Gasteiger partial charge in [0.05, 0.1) is 14.2 Å². The first-order valence-electron chi connectivity index (χ1n) is 9.10. The van der Waals surface area contributed by atoms with E-state index in [9.17, 15) is 0 Å². The lowest BCUT2D eigenvalue weighted by Crippen LogP contribution is -1.94. The second-order valence-corrected chi connectivity index (χ2v) is 6.29. The van der Waals surface area contributed by atoms with Crippen LogP contribution in [0, 0.1) is 0 Å². The minimum Gasteiger partial charge on any atom is -0.493 e. The number of nitrogens with zero attached hydrogens (tertiary/aromatic N) is 2. The van der Waals surface area contributed by atoms with E-state index < -0.39 is 0 Å². The molecule has 0 unspecified atom stereocenters. The molecule has 0 N–H and O–H groups in total. The molecule has 0 aliphatic carbocycles. The van der Waals surface area contributed by atoms with Crippen LogP contribution in [0.5, 0.6) is 17.2 Å². The highest BCUT2D eigenvalue weighted by Gasteiger charge is 2.13. The third-order valence-electron chi connectivity index (χ3n) is 4.42. The number of ether oxygens (including phenoxy) is 3. The quantitative estimate of drug-likeness (QED) is 0.444. The van der Waals surface area contributed by atoms with Crippen molar-refractivity contribution in [3.63, 3.8) is 0 Å². The van der Waals surface area contributed by atoms with E-state index in [1.54, 1.807) is 26.4 Å². The SMILES string of the molecule is COc1ccc(-c2nc(-c3ccc(OCc4ccccc4)cc3)no2)cc1OC. The van der Waals surface area contributed by atoms with Crippen LogP contribution >= 0.6 is 0 Å². The van der Waals surface area contributed by atoms with E-state index in [0.29, 0.717) is 29.8 Å². The van der Waals surface area contributed by atoms with Crippen molar-refractivity contribution in [2.45, 2.75) is 6.61 Å². The Morgan fingerprint density at radius 1 is 0.793 bits per heavy atom. The summed E-state index contributed by atoms with van der Waals surface area (Å²) in [6, 6.07) is 23.1. The molecule has 0 aliphatic heterocycles. The van der Waals surface area contributed by atoms with E-state index in [0.717, 1.165) is 22.4 Å². The monoisotopic (exact) mass is 388 g/mol. The molecule has 0 atom stereocenters. The normalized spacial score (nSPS) is 10.6. The molecule has 1 heterocycles. The average molecular weight is 388 g/mol. The summed E-state index contributed by atoms with van der Waals surface area (Å²) < 4.78 is 21.8. The summed E-state index contributed by atoms with van der Waals surface area (Å²) in [5.74, 6) is 2.93. The van der Waals surface area contributed by atoms with Crippen LogP contribution < -0.4 is 14.2 Å². The summed E-state index contributed by atoms with van der Waals surface area (Å²) in [6.45, 7) is 0.520. The Balaban J connectivity index is 1.48. The van der Waals surface area contributed by atoms with Crippen LogP contribution in [0.15, 0.2) is 77.3 Å². The standard InChI is InChI=1S/C23H20N2O4/c1-26-20-13-10-18(14-21(20)27-2)23-24-22(25-29-23)17-8-11-19(12-9-17)28-15-16-6-4-3-5-7-16/h3-14H,15H2,1-2H3. The van der Waals surface area contributed by atoms with Gasteiger partial charge >= 0.3 is 0 Å². The van der Waals surface area contributed by atoms with Crippen LogP contribution in [0.4, 0.5) is 0 Å². The molecule has 4 aromatic rings. The number of hydrogen-bond acceptors (Lipinski definition) is 6. The highest BCUT2D eigenvalue weighted by Crippen LogP contribution is 2.32. The highest BCUT2D eigenvalue weighted by atomic mass is 16.5. The Hall–Kier alpha value is -3.80. The van der Waals surface area contributed by atoms with Crippen molar-refractivity contribution in [1.82, 2.24) is 10.1 Å². The van der Waals surface area contributed by atoms with E-state index in [1.807, 2.05) is 60.7 Å². The molecule has 29 heavy (non-hydrogen) atoms. The third kappa shape index (κ3) is 4.21. The minimum absolute atomic E-state index is 0.408. The first-order valence-corrected chi connectivity index (χ1v) is 9.10. The number of benzene rings is 3. The van der Waals surface area contributed by atoms with E-state index in [4.69, 9.17) is 18.7 Å². The largest absolute Gasteiger partial charge is 0.493 e. The molecular weight excluding hydrogens is 368 g/mol. The summed E-state index contributed by atoms with van der Waals surface area (Å²) in [5, 5.41) is 4.09. The van der Waals surface area contributed by atoms with Gasteiger partial charge in [0.2, 0.25) is 5.82 Å². The van der Waals surface area contributed by atoms with Gasteiger partial charge in [-0.05, 0) is 48.0 Å². The Bertz CT molecular complexity index is 1080. The molecule has 3 aromatic carbocycles. The molecule has 0 amide bonds. The van der Waals surface area contributed by atoms with E-state index >= 15 is 0 Å². The van der Waals surface area contributed by atoms with Gasteiger partial charge in [-0.2, -0.15) is 4.98 Å². The Morgan fingerprint density at radius 2 is 1.52 bits per heavy atom. The maximum atomic E-state index is 5.81. The first kappa shape index (κ1) is 18.6. The Labute approximate surface area is 168 Å². The molecule has 0 aliphatic rings. The second kappa shape index (κ2) is 8.48. The van der Waals surface area contributed by atoms with Gasteiger partial charge in [0.25, 0.3) is 5.89 Å². The fourth-order valence-corrected chi connectivity index (χ4v) is 2.87. The van der Waals surface area contributed by atoms with E-state index in [-0.39, 0.29) is 0 Å². The van der Waals surface area contributed by atoms with Crippen LogP contribution in [-0.2, 0) is 6.61 Å². The van der Waals surface area contributed by atoms with Crippen molar-refractivity contribution < 1.29 is 18.7 Å².